The number of carbonyl (C=O) groups excluding carboxylic acids is 1. The molecule has 21 heavy (non-hydrogen) atoms. The van der Waals surface area contributed by atoms with Gasteiger partial charge in [-0.1, -0.05) is 13.0 Å². The van der Waals surface area contributed by atoms with Crippen LogP contribution in [0.2, 0.25) is 0 Å². The van der Waals surface area contributed by atoms with E-state index in [2.05, 4.69) is 13.0 Å². The Hall–Kier alpha value is -1.31. The molecule has 0 heterocycles. The van der Waals surface area contributed by atoms with Gasteiger partial charge in [-0.05, 0) is 78.5 Å². The minimum absolute atomic E-state index is 0.312. The van der Waals surface area contributed by atoms with Crippen molar-refractivity contribution in [1.29, 1.82) is 0 Å². The van der Waals surface area contributed by atoms with E-state index in [4.69, 9.17) is 0 Å². The Balaban J connectivity index is 1.72. The molecule has 0 amide bonds. The van der Waals surface area contributed by atoms with Gasteiger partial charge in [0.05, 0.1) is 0 Å². The maximum Gasteiger partial charge on any atom is 0.133 e. The van der Waals surface area contributed by atoms with Gasteiger partial charge in [-0.25, -0.2) is 0 Å². The number of hydrogen-bond acceptors (Lipinski definition) is 2. The third-order valence-electron chi connectivity index (χ3n) is 6.75. The van der Waals surface area contributed by atoms with E-state index in [0.29, 0.717) is 34.7 Å². The number of carbonyl (C=O) groups is 1. The van der Waals surface area contributed by atoms with Crippen molar-refractivity contribution >= 4 is 5.78 Å². The van der Waals surface area contributed by atoms with Gasteiger partial charge in [0.1, 0.15) is 11.5 Å². The molecular weight excluding hydrogens is 260 g/mol. The lowest BCUT2D eigenvalue weighted by molar-refractivity contribution is -0.118. The predicted molar refractivity (Wildman–Crippen MR) is 82.3 cm³/mol. The molecule has 0 aromatic heterocycles. The van der Waals surface area contributed by atoms with Crippen molar-refractivity contribution in [2.45, 2.75) is 57.8 Å². The Morgan fingerprint density at radius 2 is 2.19 bits per heavy atom. The minimum Gasteiger partial charge on any atom is -0.508 e. The van der Waals surface area contributed by atoms with Gasteiger partial charge in [0.15, 0.2) is 0 Å². The predicted octanol–water partition coefficient (Wildman–Crippen LogP) is 4.21. The molecule has 1 aromatic carbocycles. The van der Waals surface area contributed by atoms with Crippen molar-refractivity contribution in [2.24, 2.45) is 17.3 Å². The zero-order chi connectivity index (χ0) is 14.6. The van der Waals surface area contributed by atoms with Crippen LogP contribution < -0.4 is 0 Å². The first-order valence-electron chi connectivity index (χ1n) is 8.46. The van der Waals surface area contributed by atoms with Gasteiger partial charge < -0.3 is 5.11 Å². The summed E-state index contributed by atoms with van der Waals surface area (Å²) in [5, 5.41) is 9.70. The molecule has 4 rings (SSSR count). The highest BCUT2D eigenvalue weighted by Gasteiger charge is 2.54. The second-order valence-corrected chi connectivity index (χ2v) is 7.47. The molecule has 112 valence electrons. The minimum atomic E-state index is 0.312. The molecule has 2 fully saturated rings. The number of rotatable bonds is 1. The highest BCUT2D eigenvalue weighted by molar-refractivity contribution is 5.82. The molecule has 1 aromatic rings. The fraction of sp³-hybridized carbons (Fsp3) is 0.632. The first-order valence-corrected chi connectivity index (χ1v) is 8.46. The summed E-state index contributed by atoms with van der Waals surface area (Å²) < 4.78 is 0. The van der Waals surface area contributed by atoms with Crippen LogP contribution in [0.3, 0.4) is 0 Å². The van der Waals surface area contributed by atoms with E-state index < -0.39 is 0 Å². The molecule has 2 heteroatoms. The van der Waals surface area contributed by atoms with Crippen molar-refractivity contribution in [3.05, 3.63) is 29.3 Å². The summed E-state index contributed by atoms with van der Waals surface area (Å²) in [4.78, 5) is 12.1. The van der Waals surface area contributed by atoms with Gasteiger partial charge in [0.2, 0.25) is 0 Å². The van der Waals surface area contributed by atoms with E-state index in [1.165, 1.54) is 30.4 Å². The van der Waals surface area contributed by atoms with Crippen LogP contribution in [-0.4, -0.2) is 10.9 Å². The second kappa shape index (κ2) is 4.59. The van der Waals surface area contributed by atoms with Crippen molar-refractivity contribution in [1.82, 2.24) is 0 Å². The Morgan fingerprint density at radius 3 is 3.00 bits per heavy atom. The van der Waals surface area contributed by atoms with Crippen molar-refractivity contribution in [2.75, 3.05) is 0 Å². The van der Waals surface area contributed by atoms with E-state index in [1.807, 2.05) is 12.1 Å². The number of fused-ring (bicyclic) bond motifs is 5. The summed E-state index contributed by atoms with van der Waals surface area (Å²) in [5.74, 6) is 2.80. The standard InChI is InChI=1S/C19H24O2/c1-2-19-8-7-16-15-6-4-13(20)9-12(15)3-5-17(16)18(19)10-14(21)11-19/h4,6,9,16-18,20H,2-3,5,7-8,10-11H2,1H3/t16-,17-,18+,19-/m1/s1. The molecule has 4 atom stereocenters. The van der Waals surface area contributed by atoms with E-state index in [9.17, 15) is 9.90 Å². The molecule has 0 spiro atoms. The largest absolute Gasteiger partial charge is 0.508 e. The first kappa shape index (κ1) is 13.4. The Kier molecular flexibility index (Phi) is 2.92. The number of Topliss-reactive ketones (excluding diaryl/α,β-unsaturated/α-hetero) is 1. The van der Waals surface area contributed by atoms with Crippen LogP contribution in [0.4, 0.5) is 0 Å². The summed E-state index contributed by atoms with van der Waals surface area (Å²) >= 11 is 0. The molecule has 3 aliphatic rings. The lowest BCUT2D eigenvalue weighted by Gasteiger charge is -2.50. The molecule has 2 saturated carbocycles. The summed E-state index contributed by atoms with van der Waals surface area (Å²) in [6.07, 6.45) is 7.51. The topological polar surface area (TPSA) is 37.3 Å². The van der Waals surface area contributed by atoms with E-state index >= 15 is 0 Å². The number of benzene rings is 1. The number of aromatic hydroxyl groups is 1. The van der Waals surface area contributed by atoms with Gasteiger partial charge in [-0.3, -0.25) is 4.79 Å². The molecular formula is C19H24O2. The Morgan fingerprint density at radius 1 is 1.33 bits per heavy atom. The number of hydrogen-bond donors (Lipinski definition) is 1. The molecule has 2 nitrogen and oxygen atoms in total. The normalized spacial score (nSPS) is 37.8. The fourth-order valence-corrected chi connectivity index (χ4v) is 5.72. The lowest BCUT2D eigenvalue weighted by atomic mass is 9.54. The SMILES string of the molecule is CC[C@]12CC[C@@H]3c4ccc(O)cc4CC[C@H]3[C@@H]1CC(=O)C2. The van der Waals surface area contributed by atoms with Gasteiger partial charge in [0.25, 0.3) is 0 Å². The first-order chi connectivity index (χ1) is 10.1. The molecule has 0 saturated heterocycles. The molecule has 0 bridgehead atoms. The van der Waals surface area contributed by atoms with Crippen molar-refractivity contribution in [3.8, 4) is 5.75 Å². The van der Waals surface area contributed by atoms with Crippen LogP contribution in [0.15, 0.2) is 18.2 Å². The molecule has 0 unspecified atom stereocenters. The zero-order valence-electron chi connectivity index (χ0n) is 12.8. The monoisotopic (exact) mass is 284 g/mol. The number of aryl methyl sites for hydroxylation is 1. The van der Waals surface area contributed by atoms with E-state index in [1.54, 1.807) is 0 Å². The van der Waals surface area contributed by atoms with Crippen LogP contribution in [0, 0.1) is 17.3 Å². The van der Waals surface area contributed by atoms with Crippen molar-refractivity contribution < 1.29 is 9.90 Å². The van der Waals surface area contributed by atoms with Crippen LogP contribution in [0.5, 0.6) is 5.75 Å². The van der Waals surface area contributed by atoms with E-state index in [0.717, 1.165) is 25.7 Å². The summed E-state index contributed by atoms with van der Waals surface area (Å²) in [7, 11) is 0. The van der Waals surface area contributed by atoms with E-state index in [-0.39, 0.29) is 0 Å². The third-order valence-corrected chi connectivity index (χ3v) is 6.75. The molecule has 0 radical (unpaired) electrons. The number of ketones is 1. The fourth-order valence-electron chi connectivity index (χ4n) is 5.72. The van der Waals surface area contributed by atoms with Crippen LogP contribution in [0.1, 0.15) is 62.5 Å². The average molecular weight is 284 g/mol. The Labute approximate surface area is 126 Å². The van der Waals surface area contributed by atoms with Crippen LogP contribution in [-0.2, 0) is 11.2 Å². The average Bonchev–Trinajstić information content (AvgIpc) is 2.83. The van der Waals surface area contributed by atoms with Gasteiger partial charge in [0, 0.05) is 12.8 Å². The molecule has 1 N–H and O–H groups in total. The van der Waals surface area contributed by atoms with Gasteiger partial charge in [-0.2, -0.15) is 0 Å². The van der Waals surface area contributed by atoms with Gasteiger partial charge >= 0.3 is 0 Å². The number of phenols is 1. The second-order valence-electron chi connectivity index (χ2n) is 7.47. The quantitative estimate of drug-likeness (QED) is 0.839. The Bertz CT molecular complexity index is 591. The van der Waals surface area contributed by atoms with Crippen LogP contribution >= 0.6 is 0 Å². The molecule has 3 aliphatic carbocycles. The summed E-state index contributed by atoms with van der Waals surface area (Å²) in [5.41, 5.74) is 3.10. The van der Waals surface area contributed by atoms with Crippen molar-refractivity contribution in [3.63, 3.8) is 0 Å². The smallest absolute Gasteiger partial charge is 0.133 e. The summed E-state index contributed by atoms with van der Waals surface area (Å²) in [6.45, 7) is 2.28. The highest BCUT2D eigenvalue weighted by Crippen LogP contribution is 2.61. The zero-order valence-corrected chi connectivity index (χ0v) is 12.8. The lowest BCUT2D eigenvalue weighted by Crippen LogP contribution is -2.40. The maximum absolute atomic E-state index is 12.1. The highest BCUT2D eigenvalue weighted by atomic mass is 16.3. The third kappa shape index (κ3) is 1.88. The number of phenolic OH excluding ortho intramolecular Hbond substituents is 1. The maximum atomic E-state index is 12.1. The van der Waals surface area contributed by atoms with Gasteiger partial charge in [-0.15, -0.1) is 0 Å². The summed E-state index contributed by atoms with van der Waals surface area (Å²) in [6, 6.07) is 5.92. The molecule has 0 aliphatic heterocycles. The van der Waals surface area contributed by atoms with Crippen LogP contribution in [0.25, 0.3) is 0 Å².